The molecule has 0 N–H and O–H groups in total. The molecule has 0 radical (unpaired) electrons. The monoisotopic (exact) mass is 317 g/mol. The van der Waals surface area contributed by atoms with Crippen molar-refractivity contribution in [3.63, 3.8) is 0 Å². The van der Waals surface area contributed by atoms with Gasteiger partial charge in [-0.05, 0) is 55.5 Å². The van der Waals surface area contributed by atoms with Gasteiger partial charge in [-0.25, -0.2) is 4.39 Å². The second kappa shape index (κ2) is 6.61. The van der Waals surface area contributed by atoms with E-state index in [4.69, 9.17) is 0 Å². The van der Waals surface area contributed by atoms with Gasteiger partial charge in [-0.15, -0.1) is 11.3 Å². The maximum atomic E-state index is 13.0. The largest absolute Gasteiger partial charge is 0.335 e. The van der Waals surface area contributed by atoms with Gasteiger partial charge >= 0.3 is 0 Å². The highest BCUT2D eigenvalue weighted by atomic mass is 32.1. The predicted molar refractivity (Wildman–Crippen MR) is 88.7 cm³/mol. The van der Waals surface area contributed by atoms with E-state index in [0.29, 0.717) is 6.04 Å². The molecule has 0 bridgehead atoms. The van der Waals surface area contributed by atoms with Crippen LogP contribution in [0.2, 0.25) is 0 Å². The van der Waals surface area contributed by atoms with E-state index in [1.54, 1.807) is 12.1 Å². The van der Waals surface area contributed by atoms with Crippen LogP contribution in [0.1, 0.15) is 42.3 Å². The Labute approximate surface area is 134 Å². The van der Waals surface area contributed by atoms with Gasteiger partial charge in [0.25, 0.3) is 5.91 Å². The van der Waals surface area contributed by atoms with Crippen LogP contribution in [0.3, 0.4) is 0 Å². The minimum atomic E-state index is -0.240. The minimum Gasteiger partial charge on any atom is -0.335 e. The molecule has 0 aliphatic carbocycles. The predicted octanol–water partition coefficient (Wildman–Crippen LogP) is 4.96. The number of amides is 1. The van der Waals surface area contributed by atoms with Gasteiger partial charge in [0, 0.05) is 17.5 Å². The number of hydrogen-bond acceptors (Lipinski definition) is 2. The molecule has 1 aliphatic heterocycles. The fraction of sp³-hybridized carbons (Fsp3) is 0.389. The summed E-state index contributed by atoms with van der Waals surface area (Å²) in [6.07, 6.45) is 4.44. The maximum Gasteiger partial charge on any atom is 0.264 e. The molecule has 1 amide bonds. The molecule has 2 nitrogen and oxygen atoms in total. The average molecular weight is 317 g/mol. The van der Waals surface area contributed by atoms with E-state index in [-0.39, 0.29) is 11.7 Å². The minimum absolute atomic E-state index is 0.143. The van der Waals surface area contributed by atoms with Crippen LogP contribution in [-0.4, -0.2) is 23.4 Å². The maximum absolute atomic E-state index is 13.0. The van der Waals surface area contributed by atoms with Crippen LogP contribution in [0.25, 0.3) is 10.4 Å². The van der Waals surface area contributed by atoms with Crippen LogP contribution in [0, 0.1) is 5.82 Å². The van der Waals surface area contributed by atoms with Crippen LogP contribution in [0.4, 0.5) is 4.39 Å². The lowest BCUT2D eigenvalue weighted by Crippen LogP contribution is -2.43. The van der Waals surface area contributed by atoms with Gasteiger partial charge in [0.1, 0.15) is 5.82 Å². The molecular formula is C18H20FNOS. The summed E-state index contributed by atoms with van der Waals surface area (Å²) in [4.78, 5) is 16.6. The van der Waals surface area contributed by atoms with Crippen LogP contribution in [0.15, 0.2) is 36.4 Å². The van der Waals surface area contributed by atoms with E-state index in [0.717, 1.165) is 41.1 Å². The topological polar surface area (TPSA) is 20.3 Å². The molecule has 1 fully saturated rings. The van der Waals surface area contributed by atoms with Crippen molar-refractivity contribution in [3.05, 3.63) is 47.1 Å². The first-order valence-corrected chi connectivity index (χ1v) is 8.67. The van der Waals surface area contributed by atoms with E-state index in [1.807, 2.05) is 17.0 Å². The Morgan fingerprint density at radius 2 is 2.00 bits per heavy atom. The highest BCUT2D eigenvalue weighted by molar-refractivity contribution is 7.17. The molecule has 116 valence electrons. The van der Waals surface area contributed by atoms with Crippen LogP contribution in [0.5, 0.6) is 0 Å². The number of hydrogen-bond donors (Lipinski definition) is 0. The summed E-state index contributed by atoms with van der Waals surface area (Å²) < 4.78 is 13.0. The SMILES string of the molecule is CCC1CCCCN1C(=O)c1ccc(-c2ccc(F)cc2)s1. The zero-order valence-corrected chi connectivity index (χ0v) is 13.5. The number of piperidine rings is 1. The number of likely N-dealkylation sites (tertiary alicyclic amines) is 1. The van der Waals surface area contributed by atoms with Crippen LogP contribution < -0.4 is 0 Å². The second-order valence-corrected chi connectivity index (χ2v) is 6.81. The summed E-state index contributed by atoms with van der Waals surface area (Å²) in [5.74, 6) is -0.0966. The summed E-state index contributed by atoms with van der Waals surface area (Å²) in [6, 6.07) is 10.6. The van der Waals surface area contributed by atoms with Crippen molar-refractivity contribution >= 4 is 17.2 Å². The first-order chi connectivity index (χ1) is 10.7. The van der Waals surface area contributed by atoms with E-state index in [2.05, 4.69) is 6.92 Å². The average Bonchev–Trinajstić information content (AvgIpc) is 3.05. The van der Waals surface area contributed by atoms with Gasteiger partial charge in [0.15, 0.2) is 0 Å². The Balaban J connectivity index is 1.80. The van der Waals surface area contributed by atoms with Crippen LogP contribution in [-0.2, 0) is 0 Å². The van der Waals surface area contributed by atoms with Crippen molar-refractivity contribution < 1.29 is 9.18 Å². The quantitative estimate of drug-likeness (QED) is 0.783. The molecule has 4 heteroatoms. The fourth-order valence-corrected chi connectivity index (χ4v) is 4.02. The lowest BCUT2D eigenvalue weighted by atomic mass is 10.00. The lowest BCUT2D eigenvalue weighted by Gasteiger charge is -2.35. The number of carbonyl (C=O) groups is 1. The second-order valence-electron chi connectivity index (χ2n) is 5.73. The normalized spacial score (nSPS) is 18.5. The first kappa shape index (κ1) is 15.2. The number of benzene rings is 1. The Morgan fingerprint density at radius 1 is 1.23 bits per heavy atom. The Hall–Kier alpha value is -1.68. The summed E-state index contributed by atoms with van der Waals surface area (Å²) in [5, 5.41) is 0. The van der Waals surface area contributed by atoms with E-state index in [9.17, 15) is 9.18 Å². The third-order valence-electron chi connectivity index (χ3n) is 4.30. The Morgan fingerprint density at radius 3 is 2.73 bits per heavy atom. The number of halogens is 1. The van der Waals surface area contributed by atoms with Gasteiger partial charge in [-0.3, -0.25) is 4.79 Å². The smallest absolute Gasteiger partial charge is 0.264 e. The van der Waals surface area contributed by atoms with Crippen molar-refractivity contribution in [2.75, 3.05) is 6.54 Å². The molecular weight excluding hydrogens is 297 g/mol. The molecule has 1 aromatic heterocycles. The molecule has 0 spiro atoms. The molecule has 0 saturated carbocycles. The highest BCUT2D eigenvalue weighted by Gasteiger charge is 2.27. The van der Waals surface area contributed by atoms with Crippen LogP contribution >= 0.6 is 11.3 Å². The van der Waals surface area contributed by atoms with E-state index < -0.39 is 0 Å². The zero-order chi connectivity index (χ0) is 15.5. The number of carbonyl (C=O) groups excluding carboxylic acids is 1. The number of rotatable bonds is 3. The number of thiophene rings is 1. The molecule has 3 rings (SSSR count). The number of nitrogens with zero attached hydrogens (tertiary/aromatic N) is 1. The van der Waals surface area contributed by atoms with Crippen molar-refractivity contribution in [3.8, 4) is 10.4 Å². The Bertz CT molecular complexity index is 649. The highest BCUT2D eigenvalue weighted by Crippen LogP contribution is 2.30. The summed E-state index contributed by atoms with van der Waals surface area (Å²) in [6.45, 7) is 3.01. The molecule has 1 aromatic carbocycles. The molecule has 2 aromatic rings. The molecule has 1 atom stereocenters. The van der Waals surface area contributed by atoms with Gasteiger partial charge in [-0.1, -0.05) is 19.1 Å². The summed E-state index contributed by atoms with van der Waals surface area (Å²) >= 11 is 1.49. The summed E-state index contributed by atoms with van der Waals surface area (Å²) in [5.41, 5.74) is 0.955. The molecule has 22 heavy (non-hydrogen) atoms. The van der Waals surface area contributed by atoms with Gasteiger partial charge in [-0.2, -0.15) is 0 Å². The van der Waals surface area contributed by atoms with Gasteiger partial charge in [0.05, 0.1) is 4.88 Å². The first-order valence-electron chi connectivity index (χ1n) is 7.86. The summed E-state index contributed by atoms with van der Waals surface area (Å²) in [7, 11) is 0. The van der Waals surface area contributed by atoms with Crippen molar-refractivity contribution in [2.45, 2.75) is 38.6 Å². The Kier molecular flexibility index (Phi) is 4.57. The molecule has 2 heterocycles. The molecule has 1 unspecified atom stereocenters. The third-order valence-corrected chi connectivity index (χ3v) is 5.43. The van der Waals surface area contributed by atoms with E-state index in [1.165, 1.54) is 29.9 Å². The molecule has 1 aliphatic rings. The third kappa shape index (κ3) is 3.07. The standard InChI is InChI=1S/C18H20FNOS/c1-2-15-5-3-4-12-20(15)18(21)17-11-10-16(22-17)13-6-8-14(19)9-7-13/h6-11,15H,2-5,12H2,1H3. The van der Waals surface area contributed by atoms with Crippen molar-refractivity contribution in [1.82, 2.24) is 4.90 Å². The fourth-order valence-electron chi connectivity index (χ4n) is 3.06. The van der Waals surface area contributed by atoms with Crippen molar-refractivity contribution in [1.29, 1.82) is 0 Å². The van der Waals surface area contributed by atoms with Gasteiger partial charge < -0.3 is 4.90 Å². The van der Waals surface area contributed by atoms with Crippen molar-refractivity contribution in [2.24, 2.45) is 0 Å². The zero-order valence-electron chi connectivity index (χ0n) is 12.7. The molecule has 1 saturated heterocycles. The van der Waals surface area contributed by atoms with Gasteiger partial charge in [0.2, 0.25) is 0 Å². The lowest BCUT2D eigenvalue weighted by molar-refractivity contribution is 0.0613. The van der Waals surface area contributed by atoms with E-state index >= 15 is 0 Å².